The second-order valence-corrected chi connectivity index (χ2v) is 5.37. The van der Waals surface area contributed by atoms with Crippen LogP contribution in [0, 0.1) is 20.2 Å². The quantitative estimate of drug-likeness (QED) is 0.515. The van der Waals surface area contributed by atoms with Crippen LogP contribution < -0.4 is 0 Å². The lowest BCUT2D eigenvalue weighted by Crippen LogP contribution is -1.98. The first-order valence-electron chi connectivity index (χ1n) is 7.47. The van der Waals surface area contributed by atoms with Crippen molar-refractivity contribution in [1.82, 2.24) is 4.98 Å². The highest BCUT2D eigenvalue weighted by atomic mass is 16.6. The molecule has 7 heteroatoms. The van der Waals surface area contributed by atoms with Crippen LogP contribution in [0.4, 0.5) is 11.4 Å². The number of nitro benzene ring substituents is 2. The summed E-state index contributed by atoms with van der Waals surface area (Å²) in [6.07, 6.45) is 2.19. The van der Waals surface area contributed by atoms with Gasteiger partial charge in [0.05, 0.1) is 21.5 Å². The summed E-state index contributed by atoms with van der Waals surface area (Å²) in [6.45, 7) is 0. The maximum Gasteiger partial charge on any atom is 0.284 e. The van der Waals surface area contributed by atoms with Gasteiger partial charge in [-0.2, -0.15) is 0 Å². The van der Waals surface area contributed by atoms with Gasteiger partial charge >= 0.3 is 0 Å². The molecule has 0 N–H and O–H groups in total. The molecule has 0 saturated heterocycles. The smallest absolute Gasteiger partial charge is 0.261 e. The van der Waals surface area contributed by atoms with Crippen molar-refractivity contribution < 1.29 is 9.85 Å². The third-order valence-electron chi connectivity index (χ3n) is 3.79. The summed E-state index contributed by atoms with van der Waals surface area (Å²) >= 11 is 0. The van der Waals surface area contributed by atoms with E-state index < -0.39 is 9.85 Å². The number of hydrogen-bond donors (Lipinski definition) is 0. The molecule has 7 nitrogen and oxygen atoms in total. The van der Waals surface area contributed by atoms with Gasteiger partial charge in [0.15, 0.2) is 0 Å². The Labute approximate surface area is 142 Å². The molecule has 124 valence electrons. The molecule has 0 bridgehead atoms. The summed E-state index contributed by atoms with van der Waals surface area (Å²) in [6, 6.07) is 16.5. The van der Waals surface area contributed by atoms with E-state index in [1.54, 1.807) is 18.3 Å². The number of benzene rings is 2. The number of nitrogens with zero attached hydrogens (tertiary/aromatic N) is 3. The van der Waals surface area contributed by atoms with Crippen molar-refractivity contribution in [2.24, 2.45) is 0 Å². The molecule has 0 fully saturated rings. The summed E-state index contributed by atoms with van der Waals surface area (Å²) in [5, 5.41) is 22.3. The predicted molar refractivity (Wildman–Crippen MR) is 92.2 cm³/mol. The zero-order chi connectivity index (χ0) is 17.8. The summed E-state index contributed by atoms with van der Waals surface area (Å²) in [7, 11) is 0. The minimum atomic E-state index is -0.642. The van der Waals surface area contributed by atoms with Gasteiger partial charge in [-0.15, -0.1) is 0 Å². The minimum absolute atomic E-state index is 0.289. The van der Waals surface area contributed by atoms with Gasteiger partial charge in [0.2, 0.25) is 0 Å². The zero-order valence-electron chi connectivity index (χ0n) is 13.0. The molecule has 0 unspecified atom stereocenters. The molecule has 0 atom stereocenters. The van der Waals surface area contributed by atoms with Gasteiger partial charge in [-0.1, -0.05) is 30.3 Å². The van der Waals surface area contributed by atoms with Crippen LogP contribution in [0.25, 0.3) is 11.1 Å². The number of pyridine rings is 1. The lowest BCUT2D eigenvalue weighted by atomic mass is 9.95. The first-order valence-corrected chi connectivity index (χ1v) is 7.47. The molecule has 1 heterocycles. The molecular formula is C18H13N3O4. The largest absolute Gasteiger partial charge is 0.284 e. The first kappa shape index (κ1) is 16.3. The fourth-order valence-electron chi connectivity index (χ4n) is 2.65. The van der Waals surface area contributed by atoms with Crippen molar-refractivity contribution >= 4 is 11.4 Å². The Morgan fingerprint density at radius 1 is 0.840 bits per heavy atom. The first-order chi connectivity index (χ1) is 12.1. The van der Waals surface area contributed by atoms with Crippen molar-refractivity contribution in [1.29, 1.82) is 0 Å². The van der Waals surface area contributed by atoms with Crippen molar-refractivity contribution in [3.05, 3.63) is 98.3 Å². The lowest BCUT2D eigenvalue weighted by Gasteiger charge is -2.10. The monoisotopic (exact) mass is 335 g/mol. The Morgan fingerprint density at radius 3 is 2.28 bits per heavy atom. The van der Waals surface area contributed by atoms with E-state index in [1.807, 2.05) is 30.3 Å². The predicted octanol–water partition coefficient (Wildman–Crippen LogP) is 4.16. The van der Waals surface area contributed by atoms with E-state index in [2.05, 4.69) is 4.98 Å². The summed E-state index contributed by atoms with van der Waals surface area (Å²) in [5.41, 5.74) is 2.11. The van der Waals surface area contributed by atoms with Crippen LogP contribution in [0.3, 0.4) is 0 Å². The zero-order valence-corrected chi connectivity index (χ0v) is 13.0. The minimum Gasteiger partial charge on any atom is -0.261 e. The highest BCUT2D eigenvalue weighted by Gasteiger charge is 2.22. The Bertz CT molecular complexity index is 942. The SMILES string of the molecule is O=[N+]([O-])c1ccc(-c2ccccc2Cc2ccccn2)c([N+](=O)[O-])c1. The molecule has 25 heavy (non-hydrogen) atoms. The van der Waals surface area contributed by atoms with E-state index in [1.165, 1.54) is 12.1 Å². The van der Waals surface area contributed by atoms with Gasteiger partial charge in [-0.25, -0.2) is 0 Å². The van der Waals surface area contributed by atoms with Crippen molar-refractivity contribution in [2.45, 2.75) is 6.42 Å². The van der Waals surface area contributed by atoms with Crippen LogP contribution in [0.1, 0.15) is 11.3 Å². The van der Waals surface area contributed by atoms with Crippen LogP contribution >= 0.6 is 0 Å². The van der Waals surface area contributed by atoms with E-state index in [4.69, 9.17) is 0 Å². The van der Waals surface area contributed by atoms with Gasteiger partial charge in [-0.3, -0.25) is 25.2 Å². The van der Waals surface area contributed by atoms with Gasteiger partial charge in [0.1, 0.15) is 0 Å². The molecule has 0 aliphatic carbocycles. The molecule has 3 rings (SSSR count). The average Bonchev–Trinajstić information content (AvgIpc) is 2.62. The molecule has 3 aromatic rings. The molecule has 0 saturated carbocycles. The molecule has 0 aliphatic heterocycles. The Morgan fingerprint density at radius 2 is 1.60 bits per heavy atom. The number of rotatable bonds is 5. The lowest BCUT2D eigenvalue weighted by molar-refractivity contribution is -0.393. The third kappa shape index (κ3) is 3.50. The van der Waals surface area contributed by atoms with Crippen LogP contribution in [0.5, 0.6) is 0 Å². The van der Waals surface area contributed by atoms with E-state index in [0.29, 0.717) is 17.5 Å². The van der Waals surface area contributed by atoms with Gasteiger partial charge in [-0.05, 0) is 29.3 Å². The fourth-order valence-corrected chi connectivity index (χ4v) is 2.65. The molecular weight excluding hydrogens is 322 g/mol. The van der Waals surface area contributed by atoms with Crippen molar-refractivity contribution in [3.8, 4) is 11.1 Å². The Kier molecular flexibility index (Phi) is 4.47. The molecule has 0 spiro atoms. The topological polar surface area (TPSA) is 99.2 Å². The third-order valence-corrected chi connectivity index (χ3v) is 3.79. The van der Waals surface area contributed by atoms with Crippen LogP contribution in [-0.4, -0.2) is 14.8 Å². The molecule has 0 radical (unpaired) electrons. The number of nitro groups is 2. The van der Waals surface area contributed by atoms with E-state index >= 15 is 0 Å². The molecule has 1 aromatic heterocycles. The normalized spacial score (nSPS) is 10.4. The number of non-ortho nitro benzene ring substituents is 1. The van der Waals surface area contributed by atoms with Crippen LogP contribution in [0.2, 0.25) is 0 Å². The molecule has 2 aromatic carbocycles. The van der Waals surface area contributed by atoms with Gasteiger partial charge in [0.25, 0.3) is 11.4 Å². The summed E-state index contributed by atoms with van der Waals surface area (Å²) < 4.78 is 0. The summed E-state index contributed by atoms with van der Waals surface area (Å²) in [4.78, 5) is 25.4. The van der Waals surface area contributed by atoms with E-state index in [9.17, 15) is 20.2 Å². The Balaban J connectivity index is 2.11. The van der Waals surface area contributed by atoms with Gasteiger partial charge in [0, 0.05) is 24.4 Å². The maximum atomic E-state index is 11.4. The highest BCUT2D eigenvalue weighted by Crippen LogP contribution is 2.35. The van der Waals surface area contributed by atoms with Crippen LogP contribution in [0.15, 0.2) is 66.9 Å². The summed E-state index contributed by atoms with van der Waals surface area (Å²) in [5.74, 6) is 0. The molecule has 0 amide bonds. The number of hydrogen-bond acceptors (Lipinski definition) is 5. The highest BCUT2D eigenvalue weighted by molar-refractivity contribution is 5.77. The second kappa shape index (κ2) is 6.88. The van der Waals surface area contributed by atoms with Crippen molar-refractivity contribution in [3.63, 3.8) is 0 Å². The van der Waals surface area contributed by atoms with Crippen LogP contribution in [-0.2, 0) is 6.42 Å². The maximum absolute atomic E-state index is 11.4. The average molecular weight is 335 g/mol. The van der Waals surface area contributed by atoms with Gasteiger partial charge < -0.3 is 0 Å². The standard InChI is InChI=1S/C18H13N3O4/c22-20(23)15-8-9-17(18(12-15)21(24)25)16-7-2-1-5-13(16)11-14-6-3-4-10-19-14/h1-10,12H,11H2. The number of aromatic nitrogens is 1. The second-order valence-electron chi connectivity index (χ2n) is 5.37. The molecule has 0 aliphatic rings. The Hall–Kier alpha value is -3.61. The van der Waals surface area contributed by atoms with E-state index in [0.717, 1.165) is 17.3 Å². The fraction of sp³-hybridized carbons (Fsp3) is 0.0556. The van der Waals surface area contributed by atoms with Crippen molar-refractivity contribution in [2.75, 3.05) is 0 Å². The van der Waals surface area contributed by atoms with E-state index in [-0.39, 0.29) is 11.4 Å².